The Kier molecular flexibility index (Phi) is 6.54. The lowest BCUT2D eigenvalue weighted by atomic mass is 10.1. The number of aromatic nitrogens is 2. The van der Waals surface area contributed by atoms with Gasteiger partial charge in [0.15, 0.2) is 0 Å². The van der Waals surface area contributed by atoms with Crippen molar-refractivity contribution in [1.82, 2.24) is 9.55 Å². The minimum atomic E-state index is -4.43. The maximum Gasteiger partial charge on any atom is 0.330 e. The zero-order chi connectivity index (χ0) is 20.4. The first-order valence-corrected chi connectivity index (χ1v) is 11.1. The molecule has 13 nitrogen and oxygen atoms in total. The van der Waals surface area contributed by atoms with E-state index in [-0.39, 0.29) is 12.0 Å². The molecule has 1 fully saturated rings. The van der Waals surface area contributed by atoms with E-state index >= 15 is 0 Å². The largest absolute Gasteiger partial charge is 0.778 e. The lowest BCUT2D eigenvalue weighted by Crippen LogP contribution is -2.33. The highest BCUT2D eigenvalue weighted by molar-refractivity contribution is 7.83. The standard InChI is InChI=1S/C11H16BN5O8P2/c1-6-4-17(11(19)14-10(6)18)9-3-7(15-16-13)8(24-9)5-23-27(12,22)25-26(2,20)21/h4,7-9H,3,5H2,1-2H3,(H,20,21)(H,14,18,19)/q-1/p-1/t7-,8-,9-,27?/m1/s1. The fraction of sp³-hybridized carbons (Fsp3) is 0.636. The van der Waals surface area contributed by atoms with Crippen molar-refractivity contribution >= 4 is 22.6 Å². The molecule has 3 radical (unpaired) electrons. The Morgan fingerprint density at radius 1 is 1.56 bits per heavy atom. The average Bonchev–Trinajstić information content (AvgIpc) is 2.90. The van der Waals surface area contributed by atoms with E-state index in [1.54, 1.807) is 0 Å². The average molecular weight is 418 g/mol. The predicted molar refractivity (Wildman–Crippen MR) is 91.4 cm³/mol. The predicted octanol–water partition coefficient (Wildman–Crippen LogP) is 0.304. The van der Waals surface area contributed by atoms with Gasteiger partial charge >= 0.3 is 5.69 Å². The molecule has 27 heavy (non-hydrogen) atoms. The van der Waals surface area contributed by atoms with Crippen LogP contribution in [0.2, 0.25) is 0 Å². The van der Waals surface area contributed by atoms with Crippen LogP contribution >= 0.6 is 15.1 Å². The van der Waals surface area contributed by atoms with Gasteiger partial charge in [0, 0.05) is 29.8 Å². The number of azide groups is 1. The van der Waals surface area contributed by atoms with Crippen molar-refractivity contribution in [2.45, 2.75) is 31.7 Å². The number of aryl methyl sites for hydroxylation is 1. The third-order valence-corrected chi connectivity index (χ3v) is 6.15. The third-order valence-electron chi connectivity index (χ3n) is 3.54. The van der Waals surface area contributed by atoms with Crippen LogP contribution < -0.4 is 16.1 Å². The van der Waals surface area contributed by atoms with Crippen molar-refractivity contribution in [2.75, 3.05) is 13.3 Å². The molecule has 2 unspecified atom stereocenters. The second kappa shape index (κ2) is 8.16. The highest BCUT2D eigenvalue weighted by Crippen LogP contribution is 2.55. The Balaban J connectivity index is 2.18. The molecule has 0 aliphatic carbocycles. The maximum absolute atomic E-state index is 12.0. The zero-order valence-electron chi connectivity index (χ0n) is 14.3. The van der Waals surface area contributed by atoms with E-state index in [2.05, 4.69) is 19.3 Å². The number of hydrogen-bond acceptors (Lipinski definition) is 9. The molecule has 147 valence electrons. The monoisotopic (exact) mass is 418 g/mol. The first-order valence-electron chi connectivity index (χ1n) is 7.46. The molecule has 2 heterocycles. The SMILES string of the molecule is [B-]P(=O)(OC[C@H]1O[C@@H](n2cc(C)c(=O)[nH]c2=O)C[C@H]1N=[N+]=[N-])OP(C)(=O)[O-]. The zero-order valence-corrected chi connectivity index (χ0v) is 16.0. The van der Waals surface area contributed by atoms with E-state index in [1.165, 1.54) is 13.1 Å². The van der Waals surface area contributed by atoms with Gasteiger partial charge in [0.1, 0.15) is 13.8 Å². The lowest BCUT2D eigenvalue weighted by molar-refractivity contribution is -0.189. The van der Waals surface area contributed by atoms with Gasteiger partial charge in [0.05, 0.1) is 26.2 Å². The van der Waals surface area contributed by atoms with Crippen molar-refractivity contribution in [3.63, 3.8) is 0 Å². The van der Waals surface area contributed by atoms with Crippen molar-refractivity contribution in [1.29, 1.82) is 0 Å². The summed E-state index contributed by atoms with van der Waals surface area (Å²) in [6.07, 6.45) is -0.572. The third kappa shape index (κ3) is 5.92. The number of hydrogen-bond donors (Lipinski definition) is 1. The van der Waals surface area contributed by atoms with Crippen molar-refractivity contribution < 1.29 is 27.6 Å². The van der Waals surface area contributed by atoms with E-state index in [1.807, 2.05) is 0 Å². The van der Waals surface area contributed by atoms with Crippen LogP contribution in [0.3, 0.4) is 0 Å². The van der Waals surface area contributed by atoms with Gasteiger partial charge < -0.3 is 35.2 Å². The highest BCUT2D eigenvalue weighted by atomic mass is 31.3. The van der Waals surface area contributed by atoms with E-state index in [0.717, 1.165) is 4.57 Å². The smallest absolute Gasteiger partial charge is 0.330 e. The van der Waals surface area contributed by atoms with Crippen LogP contribution in [0, 0.1) is 6.92 Å². The molecule has 16 heteroatoms. The molecule has 0 saturated carbocycles. The summed E-state index contributed by atoms with van der Waals surface area (Å²) >= 11 is 0. The summed E-state index contributed by atoms with van der Waals surface area (Å²) in [6, 6.07) is -0.834. The summed E-state index contributed by atoms with van der Waals surface area (Å²) in [4.78, 5) is 39.3. The molecule has 1 aliphatic rings. The van der Waals surface area contributed by atoms with Gasteiger partial charge in [-0.25, -0.2) is 4.79 Å². The summed E-state index contributed by atoms with van der Waals surface area (Å²) in [5.74, 6) is 0. The topological polar surface area (TPSA) is 189 Å². The van der Waals surface area contributed by atoms with E-state index in [0.29, 0.717) is 6.66 Å². The molecule has 0 bridgehead atoms. The van der Waals surface area contributed by atoms with Gasteiger partial charge in [-0.1, -0.05) is 5.11 Å². The molecule has 1 N–H and O–H groups in total. The number of ether oxygens (including phenoxy) is 1. The van der Waals surface area contributed by atoms with Crippen molar-refractivity contribution in [3.8, 4) is 0 Å². The summed E-state index contributed by atoms with van der Waals surface area (Å²) < 4.78 is 38.6. The Hall–Kier alpha value is -1.65. The molecular weight excluding hydrogens is 403 g/mol. The van der Waals surface area contributed by atoms with Crippen LogP contribution in [0.15, 0.2) is 20.9 Å². The number of aromatic amines is 1. The van der Waals surface area contributed by atoms with E-state index in [4.69, 9.17) is 22.4 Å². The Labute approximate surface area is 153 Å². The number of rotatable bonds is 7. The lowest BCUT2D eigenvalue weighted by Gasteiger charge is -2.33. The number of nitrogens with zero attached hydrogens (tertiary/aromatic N) is 4. The highest BCUT2D eigenvalue weighted by Gasteiger charge is 2.37. The fourth-order valence-corrected chi connectivity index (χ4v) is 4.63. The van der Waals surface area contributed by atoms with Crippen LogP contribution in [0.5, 0.6) is 0 Å². The van der Waals surface area contributed by atoms with Gasteiger partial charge in [-0.15, -0.1) is 0 Å². The van der Waals surface area contributed by atoms with Crippen LogP contribution in [-0.2, 0) is 22.7 Å². The van der Waals surface area contributed by atoms with Gasteiger partial charge in [-0.05, 0) is 12.5 Å². The molecule has 0 spiro atoms. The van der Waals surface area contributed by atoms with Gasteiger partial charge in [0.2, 0.25) is 0 Å². The first-order chi connectivity index (χ1) is 12.4. The van der Waals surface area contributed by atoms with Gasteiger partial charge in [-0.2, -0.15) is 0 Å². The molecule has 0 aromatic carbocycles. The van der Waals surface area contributed by atoms with Gasteiger partial charge in [0.25, 0.3) is 5.56 Å². The summed E-state index contributed by atoms with van der Waals surface area (Å²) in [6.45, 7) is 1.64. The van der Waals surface area contributed by atoms with Crippen LogP contribution in [0.4, 0.5) is 0 Å². The molecular formula is C11H15BN5O8P2-2. The molecule has 1 aliphatic heterocycles. The van der Waals surface area contributed by atoms with Crippen LogP contribution in [-0.4, -0.2) is 42.5 Å². The van der Waals surface area contributed by atoms with Crippen LogP contribution in [0.25, 0.3) is 10.4 Å². The fourth-order valence-electron chi connectivity index (χ4n) is 2.43. The first kappa shape index (κ1) is 21.7. The molecule has 1 aromatic heterocycles. The number of H-pyrrole nitrogens is 1. The van der Waals surface area contributed by atoms with Crippen LogP contribution in [0.1, 0.15) is 18.2 Å². The van der Waals surface area contributed by atoms with E-state index < -0.39 is 51.3 Å². The Morgan fingerprint density at radius 3 is 2.81 bits per heavy atom. The maximum atomic E-state index is 12.0. The molecule has 1 aromatic rings. The quantitative estimate of drug-likeness (QED) is 0.215. The summed E-state index contributed by atoms with van der Waals surface area (Å²) in [7, 11) is -3.66. The molecule has 1 saturated heterocycles. The second-order valence-corrected chi connectivity index (χ2v) is 9.34. The van der Waals surface area contributed by atoms with Crippen molar-refractivity contribution in [2.24, 2.45) is 5.11 Å². The molecule has 2 rings (SSSR count). The number of nitrogens with one attached hydrogen (secondary N) is 1. The molecule has 0 amide bonds. The van der Waals surface area contributed by atoms with E-state index in [9.17, 15) is 23.6 Å². The minimum Gasteiger partial charge on any atom is -0.778 e. The minimum absolute atomic E-state index is 0.0486. The second-order valence-electron chi connectivity index (χ2n) is 5.80. The summed E-state index contributed by atoms with van der Waals surface area (Å²) in [5, 5.41) is 3.53. The Bertz CT molecular complexity index is 966. The van der Waals surface area contributed by atoms with Crippen molar-refractivity contribution in [3.05, 3.63) is 43.0 Å². The normalized spacial score (nSPS) is 26.7. The Morgan fingerprint density at radius 2 is 2.22 bits per heavy atom. The molecule has 5 atom stereocenters. The summed E-state index contributed by atoms with van der Waals surface area (Å²) in [5.41, 5.74) is 7.65. The van der Waals surface area contributed by atoms with Gasteiger partial charge in [-0.3, -0.25) is 14.3 Å².